The normalized spacial score (nSPS) is 12.2. The van der Waals surface area contributed by atoms with E-state index in [0.717, 1.165) is 19.9 Å². The lowest BCUT2D eigenvalue weighted by Crippen LogP contribution is -2.52. The average molecular weight is 635 g/mol. The molecule has 7 nitrogen and oxygen atoms in total. The Labute approximate surface area is 244 Å². The largest absolute Gasteiger partial charge is 0.352 e. The summed E-state index contributed by atoms with van der Waals surface area (Å²) in [5.41, 5.74) is 2.62. The van der Waals surface area contributed by atoms with Gasteiger partial charge in [-0.2, -0.15) is 0 Å². The molecule has 39 heavy (non-hydrogen) atoms. The summed E-state index contributed by atoms with van der Waals surface area (Å²) in [6.07, 6.45) is 0. The Morgan fingerprint density at radius 3 is 2.23 bits per heavy atom. The van der Waals surface area contributed by atoms with Gasteiger partial charge in [-0.1, -0.05) is 57.4 Å². The summed E-state index contributed by atoms with van der Waals surface area (Å²) in [6.45, 7) is 8.52. The van der Waals surface area contributed by atoms with Crippen molar-refractivity contribution in [1.29, 1.82) is 0 Å². The summed E-state index contributed by atoms with van der Waals surface area (Å²) in [6, 6.07) is 17.7. The minimum atomic E-state index is -4.14. The first kappa shape index (κ1) is 30.7. The van der Waals surface area contributed by atoms with Crippen LogP contribution in [0.3, 0.4) is 0 Å². The van der Waals surface area contributed by atoms with E-state index in [1.165, 1.54) is 17.0 Å². The molecule has 0 aliphatic rings. The van der Waals surface area contributed by atoms with Crippen LogP contribution in [-0.4, -0.2) is 43.8 Å². The molecule has 208 valence electrons. The number of anilines is 1. The molecule has 0 aliphatic carbocycles. The molecule has 1 N–H and O–H groups in total. The fourth-order valence-electron chi connectivity index (χ4n) is 4.07. The molecule has 0 saturated carbocycles. The topological polar surface area (TPSA) is 86.8 Å². The number of carbonyl (C=O) groups excluding carboxylic acids is 2. The van der Waals surface area contributed by atoms with Crippen molar-refractivity contribution in [2.45, 2.75) is 58.1 Å². The van der Waals surface area contributed by atoms with Crippen molar-refractivity contribution in [3.05, 3.63) is 92.9 Å². The van der Waals surface area contributed by atoms with Crippen molar-refractivity contribution in [1.82, 2.24) is 10.2 Å². The standard InChI is InChI=1S/C29H33BrClN3O4S/c1-19(2)32-29(36)22(5)33(17-23-7-6-8-24(30)16-23)28(35)18-34(27-14-11-25(31)15-21(27)4)39(37,38)26-12-9-20(3)10-13-26/h6-16,19,22H,17-18H2,1-5H3,(H,32,36). The number of nitrogens with one attached hydrogen (secondary N) is 1. The van der Waals surface area contributed by atoms with Crippen molar-refractivity contribution in [3.63, 3.8) is 0 Å². The molecule has 1 atom stereocenters. The van der Waals surface area contributed by atoms with Crippen molar-refractivity contribution < 1.29 is 18.0 Å². The SMILES string of the molecule is Cc1ccc(S(=O)(=O)N(CC(=O)N(Cc2cccc(Br)c2)C(C)C(=O)NC(C)C)c2ccc(Cl)cc2C)cc1. The molecular formula is C29H33BrClN3O4S. The van der Waals surface area contributed by atoms with E-state index < -0.39 is 28.5 Å². The zero-order valence-corrected chi connectivity index (χ0v) is 25.8. The molecule has 3 rings (SSSR count). The predicted octanol–water partition coefficient (Wildman–Crippen LogP) is 5.86. The van der Waals surface area contributed by atoms with Gasteiger partial charge in [0.05, 0.1) is 10.6 Å². The summed E-state index contributed by atoms with van der Waals surface area (Å²) >= 11 is 9.60. The Kier molecular flexibility index (Phi) is 10.2. The molecule has 0 bridgehead atoms. The van der Waals surface area contributed by atoms with E-state index >= 15 is 0 Å². The molecule has 0 saturated heterocycles. The summed E-state index contributed by atoms with van der Waals surface area (Å²) in [4.78, 5) is 28.4. The van der Waals surface area contributed by atoms with E-state index in [0.29, 0.717) is 16.3 Å². The predicted molar refractivity (Wildman–Crippen MR) is 159 cm³/mol. The van der Waals surface area contributed by atoms with Gasteiger partial charge in [-0.3, -0.25) is 13.9 Å². The van der Waals surface area contributed by atoms with Gasteiger partial charge in [0.25, 0.3) is 10.0 Å². The van der Waals surface area contributed by atoms with E-state index in [-0.39, 0.29) is 23.4 Å². The van der Waals surface area contributed by atoms with E-state index in [4.69, 9.17) is 11.6 Å². The quantitative estimate of drug-likeness (QED) is 0.303. The summed E-state index contributed by atoms with van der Waals surface area (Å²) in [5, 5.41) is 3.30. The third-order valence-corrected chi connectivity index (χ3v) is 8.66. The van der Waals surface area contributed by atoms with Crippen LogP contribution < -0.4 is 9.62 Å². The zero-order chi connectivity index (χ0) is 28.9. The number of carbonyl (C=O) groups is 2. The van der Waals surface area contributed by atoms with Crippen LogP contribution in [0.4, 0.5) is 5.69 Å². The minimum Gasteiger partial charge on any atom is -0.352 e. The van der Waals surface area contributed by atoms with Gasteiger partial charge in [0.15, 0.2) is 0 Å². The second-order valence-corrected chi connectivity index (χ2v) is 13.0. The average Bonchev–Trinajstić information content (AvgIpc) is 2.85. The van der Waals surface area contributed by atoms with Crippen LogP contribution in [0.25, 0.3) is 0 Å². The molecule has 3 aromatic carbocycles. The van der Waals surface area contributed by atoms with Crippen molar-refractivity contribution in [3.8, 4) is 0 Å². The van der Waals surface area contributed by atoms with Crippen LogP contribution in [-0.2, 0) is 26.2 Å². The third kappa shape index (κ3) is 7.84. The number of halogens is 2. The van der Waals surface area contributed by atoms with Crippen LogP contribution in [0.2, 0.25) is 5.02 Å². The molecule has 0 spiro atoms. The van der Waals surface area contributed by atoms with Crippen LogP contribution in [0.15, 0.2) is 76.1 Å². The minimum absolute atomic E-state index is 0.0550. The van der Waals surface area contributed by atoms with Gasteiger partial charge in [-0.05, 0) is 88.2 Å². The Hall–Kier alpha value is -2.88. The smallest absolute Gasteiger partial charge is 0.264 e. The Morgan fingerprint density at radius 2 is 1.64 bits per heavy atom. The lowest BCUT2D eigenvalue weighted by molar-refractivity contribution is -0.139. The number of aryl methyl sites for hydroxylation is 2. The van der Waals surface area contributed by atoms with Crippen LogP contribution in [0.5, 0.6) is 0 Å². The highest BCUT2D eigenvalue weighted by Gasteiger charge is 2.33. The third-order valence-electron chi connectivity index (χ3n) is 6.16. The molecule has 0 fully saturated rings. The summed E-state index contributed by atoms with van der Waals surface area (Å²) in [7, 11) is -4.14. The highest BCUT2D eigenvalue weighted by Crippen LogP contribution is 2.29. The molecule has 0 aliphatic heterocycles. The maximum Gasteiger partial charge on any atom is 0.264 e. The van der Waals surface area contributed by atoms with Gasteiger partial charge < -0.3 is 10.2 Å². The maximum atomic E-state index is 14.0. The monoisotopic (exact) mass is 633 g/mol. The van der Waals surface area contributed by atoms with Gasteiger partial charge in [0.1, 0.15) is 12.6 Å². The zero-order valence-electron chi connectivity index (χ0n) is 22.6. The van der Waals surface area contributed by atoms with E-state index in [1.54, 1.807) is 44.2 Å². The van der Waals surface area contributed by atoms with Crippen LogP contribution in [0.1, 0.15) is 37.5 Å². The molecule has 1 unspecified atom stereocenters. The fourth-order valence-corrected chi connectivity index (χ4v) is 6.22. The maximum absolute atomic E-state index is 14.0. The fraction of sp³-hybridized carbons (Fsp3) is 0.310. The number of amides is 2. The highest BCUT2D eigenvalue weighted by atomic mass is 79.9. The first-order chi connectivity index (χ1) is 18.3. The number of benzene rings is 3. The molecule has 0 radical (unpaired) electrons. The second-order valence-electron chi connectivity index (χ2n) is 9.75. The van der Waals surface area contributed by atoms with Crippen molar-refractivity contribution in [2.75, 3.05) is 10.8 Å². The Bertz CT molecular complexity index is 1450. The molecule has 2 amide bonds. The van der Waals surface area contributed by atoms with Gasteiger partial charge in [-0.25, -0.2) is 8.42 Å². The lowest BCUT2D eigenvalue weighted by Gasteiger charge is -2.32. The molecule has 0 aromatic heterocycles. The van der Waals surface area contributed by atoms with Gasteiger partial charge in [0.2, 0.25) is 11.8 Å². The van der Waals surface area contributed by atoms with Crippen LogP contribution in [0, 0.1) is 13.8 Å². The summed E-state index contributed by atoms with van der Waals surface area (Å²) < 4.78 is 29.8. The molecule has 3 aromatic rings. The number of sulfonamides is 1. The van der Waals surface area contributed by atoms with Crippen LogP contribution >= 0.6 is 27.5 Å². The first-order valence-corrected chi connectivity index (χ1v) is 15.1. The van der Waals surface area contributed by atoms with E-state index in [1.807, 2.05) is 45.0 Å². The van der Waals surface area contributed by atoms with Crippen molar-refractivity contribution in [2.24, 2.45) is 0 Å². The van der Waals surface area contributed by atoms with Gasteiger partial charge >= 0.3 is 0 Å². The second kappa shape index (κ2) is 13.0. The first-order valence-electron chi connectivity index (χ1n) is 12.5. The Balaban J connectivity index is 2.07. The highest BCUT2D eigenvalue weighted by molar-refractivity contribution is 9.10. The lowest BCUT2D eigenvalue weighted by atomic mass is 10.1. The summed E-state index contributed by atoms with van der Waals surface area (Å²) in [5.74, 6) is -0.851. The molecule has 10 heteroatoms. The van der Waals surface area contributed by atoms with Crippen molar-refractivity contribution >= 4 is 55.1 Å². The molecule has 0 heterocycles. The van der Waals surface area contributed by atoms with E-state index in [9.17, 15) is 18.0 Å². The van der Waals surface area contributed by atoms with E-state index in [2.05, 4.69) is 21.2 Å². The van der Waals surface area contributed by atoms with Gasteiger partial charge in [-0.15, -0.1) is 0 Å². The van der Waals surface area contributed by atoms with Gasteiger partial charge in [0, 0.05) is 22.1 Å². The number of hydrogen-bond donors (Lipinski definition) is 1. The number of nitrogens with zero attached hydrogens (tertiary/aromatic N) is 2. The molecular weight excluding hydrogens is 602 g/mol. The number of rotatable bonds is 10. The Morgan fingerprint density at radius 1 is 0.974 bits per heavy atom. The number of hydrogen-bond acceptors (Lipinski definition) is 4.